The standard InChI is InChI=1S/C18H17NO2/c1-14(15-11-12-20-13-15)19-16-7-9-18(10-8-16)21-17-5-3-2-4-6-17/h2-14,19H,1H3. The van der Waals surface area contributed by atoms with E-state index in [2.05, 4.69) is 12.2 Å². The van der Waals surface area contributed by atoms with Crippen LogP contribution >= 0.6 is 0 Å². The molecule has 0 amide bonds. The first kappa shape index (κ1) is 13.3. The first-order chi connectivity index (χ1) is 10.3. The van der Waals surface area contributed by atoms with Gasteiger partial charge in [0.05, 0.1) is 18.6 Å². The molecule has 0 aliphatic rings. The van der Waals surface area contributed by atoms with Crippen molar-refractivity contribution in [2.75, 3.05) is 5.32 Å². The molecule has 21 heavy (non-hydrogen) atoms. The van der Waals surface area contributed by atoms with Crippen molar-refractivity contribution in [3.05, 3.63) is 78.8 Å². The Hall–Kier alpha value is -2.68. The van der Waals surface area contributed by atoms with Gasteiger partial charge in [-0.2, -0.15) is 0 Å². The smallest absolute Gasteiger partial charge is 0.127 e. The van der Waals surface area contributed by atoms with Gasteiger partial charge in [0.25, 0.3) is 0 Å². The zero-order valence-electron chi connectivity index (χ0n) is 11.8. The van der Waals surface area contributed by atoms with Gasteiger partial charge in [-0.3, -0.25) is 0 Å². The molecule has 3 heteroatoms. The van der Waals surface area contributed by atoms with Crippen molar-refractivity contribution in [2.45, 2.75) is 13.0 Å². The van der Waals surface area contributed by atoms with Crippen LogP contribution in [-0.4, -0.2) is 0 Å². The molecule has 0 aliphatic heterocycles. The van der Waals surface area contributed by atoms with Crippen molar-refractivity contribution >= 4 is 5.69 Å². The van der Waals surface area contributed by atoms with Gasteiger partial charge < -0.3 is 14.5 Å². The quantitative estimate of drug-likeness (QED) is 0.693. The van der Waals surface area contributed by atoms with Crippen molar-refractivity contribution in [3.8, 4) is 11.5 Å². The zero-order valence-corrected chi connectivity index (χ0v) is 11.8. The fraction of sp³-hybridized carbons (Fsp3) is 0.111. The number of hydrogen-bond donors (Lipinski definition) is 1. The van der Waals surface area contributed by atoms with Crippen LogP contribution in [0.4, 0.5) is 5.69 Å². The van der Waals surface area contributed by atoms with E-state index in [1.54, 1.807) is 12.5 Å². The Morgan fingerprint density at radius 3 is 2.29 bits per heavy atom. The minimum absolute atomic E-state index is 0.199. The average molecular weight is 279 g/mol. The molecule has 3 aromatic rings. The SMILES string of the molecule is CC(Nc1ccc(Oc2ccccc2)cc1)c1ccoc1. The predicted molar refractivity (Wildman–Crippen MR) is 83.7 cm³/mol. The van der Waals surface area contributed by atoms with Gasteiger partial charge in [0.2, 0.25) is 0 Å². The van der Waals surface area contributed by atoms with E-state index in [1.807, 2.05) is 60.7 Å². The summed E-state index contributed by atoms with van der Waals surface area (Å²) in [7, 11) is 0. The predicted octanol–water partition coefficient (Wildman–Crippen LogP) is 5.25. The van der Waals surface area contributed by atoms with E-state index in [1.165, 1.54) is 0 Å². The average Bonchev–Trinajstić information content (AvgIpc) is 3.05. The van der Waals surface area contributed by atoms with Crippen LogP contribution in [0.25, 0.3) is 0 Å². The molecule has 1 N–H and O–H groups in total. The van der Waals surface area contributed by atoms with E-state index in [9.17, 15) is 0 Å². The Kier molecular flexibility index (Phi) is 3.92. The highest BCUT2D eigenvalue weighted by Gasteiger charge is 2.06. The third-order valence-electron chi connectivity index (χ3n) is 3.26. The zero-order chi connectivity index (χ0) is 14.5. The lowest BCUT2D eigenvalue weighted by Gasteiger charge is -2.14. The fourth-order valence-electron chi connectivity index (χ4n) is 2.10. The van der Waals surface area contributed by atoms with Crippen LogP contribution in [-0.2, 0) is 0 Å². The summed E-state index contributed by atoms with van der Waals surface area (Å²) in [5, 5.41) is 3.42. The number of benzene rings is 2. The maximum Gasteiger partial charge on any atom is 0.127 e. The van der Waals surface area contributed by atoms with Crippen LogP contribution in [0.2, 0.25) is 0 Å². The minimum atomic E-state index is 0.199. The molecule has 106 valence electrons. The summed E-state index contributed by atoms with van der Waals surface area (Å²) < 4.78 is 10.9. The number of ether oxygens (including phenoxy) is 1. The van der Waals surface area contributed by atoms with Crippen LogP contribution < -0.4 is 10.1 Å². The molecule has 0 bridgehead atoms. The van der Waals surface area contributed by atoms with Gasteiger partial charge in [-0.1, -0.05) is 18.2 Å². The summed E-state index contributed by atoms with van der Waals surface area (Å²) in [5.74, 6) is 1.66. The Labute approximate surface area is 124 Å². The normalized spacial score (nSPS) is 11.9. The summed E-state index contributed by atoms with van der Waals surface area (Å²) >= 11 is 0. The van der Waals surface area contributed by atoms with Crippen molar-refractivity contribution < 1.29 is 9.15 Å². The number of furan rings is 1. The molecular formula is C18H17NO2. The van der Waals surface area contributed by atoms with Crippen LogP contribution in [0.3, 0.4) is 0 Å². The number of anilines is 1. The number of hydrogen-bond acceptors (Lipinski definition) is 3. The van der Waals surface area contributed by atoms with Crippen molar-refractivity contribution in [2.24, 2.45) is 0 Å². The summed E-state index contributed by atoms with van der Waals surface area (Å²) in [6.45, 7) is 2.10. The van der Waals surface area contributed by atoms with Gasteiger partial charge in [-0.05, 0) is 49.4 Å². The van der Waals surface area contributed by atoms with Gasteiger partial charge in [0.1, 0.15) is 11.5 Å². The van der Waals surface area contributed by atoms with E-state index >= 15 is 0 Å². The maximum atomic E-state index is 5.77. The lowest BCUT2D eigenvalue weighted by atomic mass is 10.1. The van der Waals surface area contributed by atoms with E-state index in [-0.39, 0.29) is 6.04 Å². The first-order valence-corrected chi connectivity index (χ1v) is 6.93. The molecule has 2 aromatic carbocycles. The third kappa shape index (κ3) is 3.45. The molecule has 3 nitrogen and oxygen atoms in total. The second kappa shape index (κ2) is 6.18. The number of rotatable bonds is 5. The van der Waals surface area contributed by atoms with Crippen molar-refractivity contribution in [1.82, 2.24) is 0 Å². The molecular weight excluding hydrogens is 262 g/mol. The summed E-state index contributed by atoms with van der Waals surface area (Å²) in [4.78, 5) is 0. The van der Waals surface area contributed by atoms with Gasteiger partial charge in [-0.25, -0.2) is 0 Å². The molecule has 1 aromatic heterocycles. The molecule has 3 rings (SSSR count). The Bertz CT molecular complexity index is 660. The maximum absolute atomic E-state index is 5.77. The van der Waals surface area contributed by atoms with Crippen molar-refractivity contribution in [1.29, 1.82) is 0 Å². The summed E-state index contributed by atoms with van der Waals surface area (Å²) in [6, 6.07) is 19.8. The van der Waals surface area contributed by atoms with Gasteiger partial charge >= 0.3 is 0 Å². The molecule has 1 atom stereocenters. The number of para-hydroxylation sites is 1. The van der Waals surface area contributed by atoms with Gasteiger partial charge in [-0.15, -0.1) is 0 Å². The lowest BCUT2D eigenvalue weighted by molar-refractivity contribution is 0.483. The second-order valence-corrected chi connectivity index (χ2v) is 4.86. The Balaban J connectivity index is 1.64. The monoisotopic (exact) mass is 279 g/mol. The second-order valence-electron chi connectivity index (χ2n) is 4.86. The van der Waals surface area contributed by atoms with Crippen LogP contribution in [0.15, 0.2) is 77.6 Å². The van der Waals surface area contributed by atoms with Crippen LogP contribution in [0.1, 0.15) is 18.5 Å². The van der Waals surface area contributed by atoms with Crippen LogP contribution in [0.5, 0.6) is 11.5 Å². The minimum Gasteiger partial charge on any atom is -0.472 e. The molecule has 0 spiro atoms. The largest absolute Gasteiger partial charge is 0.472 e. The topological polar surface area (TPSA) is 34.4 Å². The fourth-order valence-corrected chi connectivity index (χ4v) is 2.10. The first-order valence-electron chi connectivity index (χ1n) is 6.93. The van der Waals surface area contributed by atoms with Gasteiger partial charge in [0, 0.05) is 11.3 Å². The molecule has 0 aliphatic carbocycles. The van der Waals surface area contributed by atoms with E-state index in [4.69, 9.17) is 9.15 Å². The molecule has 0 saturated heterocycles. The van der Waals surface area contributed by atoms with E-state index < -0.39 is 0 Å². The number of nitrogens with one attached hydrogen (secondary N) is 1. The van der Waals surface area contributed by atoms with E-state index in [0.717, 1.165) is 22.7 Å². The highest BCUT2D eigenvalue weighted by atomic mass is 16.5. The van der Waals surface area contributed by atoms with E-state index in [0.29, 0.717) is 0 Å². The molecule has 1 unspecified atom stereocenters. The summed E-state index contributed by atoms with van der Waals surface area (Å²) in [5.41, 5.74) is 2.17. The molecule has 1 heterocycles. The Morgan fingerprint density at radius 2 is 1.62 bits per heavy atom. The van der Waals surface area contributed by atoms with Gasteiger partial charge in [0.15, 0.2) is 0 Å². The summed E-state index contributed by atoms with van der Waals surface area (Å²) in [6.07, 6.45) is 3.44. The van der Waals surface area contributed by atoms with Crippen LogP contribution in [0, 0.1) is 0 Å². The molecule has 0 fully saturated rings. The third-order valence-corrected chi connectivity index (χ3v) is 3.26. The highest BCUT2D eigenvalue weighted by molar-refractivity contribution is 5.48. The lowest BCUT2D eigenvalue weighted by Crippen LogP contribution is -2.05. The Morgan fingerprint density at radius 1 is 0.905 bits per heavy atom. The molecule has 0 saturated carbocycles. The van der Waals surface area contributed by atoms with Crippen molar-refractivity contribution in [3.63, 3.8) is 0 Å². The highest BCUT2D eigenvalue weighted by Crippen LogP contribution is 2.25. The molecule has 0 radical (unpaired) electrons.